The van der Waals surface area contributed by atoms with Crippen LogP contribution in [0.2, 0.25) is 0 Å². The van der Waals surface area contributed by atoms with Crippen LogP contribution in [-0.2, 0) is 38.8 Å². The number of carbonyl (C=O) groups excluding carboxylic acids is 2. The fourth-order valence-corrected chi connectivity index (χ4v) is 5.18. The van der Waals surface area contributed by atoms with Gasteiger partial charge in [0.1, 0.15) is 18.3 Å². The van der Waals surface area contributed by atoms with Crippen molar-refractivity contribution in [1.29, 1.82) is 0 Å². The third kappa shape index (κ3) is 8.97. The van der Waals surface area contributed by atoms with Gasteiger partial charge in [-0.3, -0.25) is 13.9 Å². The minimum atomic E-state index is -4.72. The molecule has 0 fully saturated rings. The maximum Gasteiger partial charge on any atom is 0.416 e. The number of methoxy groups -OCH3 is 1. The van der Waals surface area contributed by atoms with Gasteiger partial charge in [0.25, 0.3) is 0 Å². The molecule has 3 aromatic carbocycles. The first-order valence-electron chi connectivity index (χ1n) is 13.2. The van der Waals surface area contributed by atoms with Gasteiger partial charge in [-0.2, -0.15) is 13.2 Å². The van der Waals surface area contributed by atoms with Crippen LogP contribution < -0.4 is 14.4 Å². The van der Waals surface area contributed by atoms with Gasteiger partial charge >= 0.3 is 6.18 Å². The number of halogens is 3. The number of hydrogen-bond acceptors (Lipinski definition) is 5. The zero-order valence-corrected chi connectivity index (χ0v) is 24.4. The molecule has 12 heteroatoms. The van der Waals surface area contributed by atoms with Gasteiger partial charge in [0.2, 0.25) is 21.8 Å². The van der Waals surface area contributed by atoms with Gasteiger partial charge in [0.05, 0.1) is 24.6 Å². The van der Waals surface area contributed by atoms with Crippen molar-refractivity contribution in [2.75, 3.05) is 30.8 Å². The van der Waals surface area contributed by atoms with E-state index in [-0.39, 0.29) is 18.7 Å². The Bertz CT molecular complexity index is 1470. The minimum Gasteiger partial charge on any atom is -0.497 e. The van der Waals surface area contributed by atoms with Crippen LogP contribution in [0.4, 0.5) is 18.9 Å². The van der Waals surface area contributed by atoms with Crippen molar-refractivity contribution >= 4 is 27.5 Å². The van der Waals surface area contributed by atoms with Gasteiger partial charge < -0.3 is 15.0 Å². The lowest BCUT2D eigenvalue weighted by Gasteiger charge is -2.33. The zero-order valence-electron chi connectivity index (χ0n) is 23.6. The number of nitrogens with one attached hydrogen (secondary N) is 1. The molecule has 0 heterocycles. The molecule has 1 atom stereocenters. The Hall–Kier alpha value is -4.06. The van der Waals surface area contributed by atoms with Crippen LogP contribution in [0.25, 0.3) is 0 Å². The Morgan fingerprint density at radius 3 is 2.24 bits per heavy atom. The Labute approximate surface area is 244 Å². The molecule has 0 aliphatic heterocycles. The molecule has 8 nitrogen and oxygen atoms in total. The number of amides is 2. The second-order valence-corrected chi connectivity index (χ2v) is 11.6. The van der Waals surface area contributed by atoms with Gasteiger partial charge in [-0.25, -0.2) is 8.42 Å². The smallest absolute Gasteiger partial charge is 0.416 e. The first kappa shape index (κ1) is 32.5. The lowest BCUT2D eigenvalue weighted by molar-refractivity contribution is -0.140. The molecule has 2 amide bonds. The predicted octanol–water partition coefficient (Wildman–Crippen LogP) is 4.65. The van der Waals surface area contributed by atoms with E-state index in [1.165, 1.54) is 18.1 Å². The molecule has 1 N–H and O–H groups in total. The number of anilines is 1. The number of hydrogen-bond donors (Lipinski definition) is 1. The fraction of sp³-hybridized carbons (Fsp3) is 0.333. The van der Waals surface area contributed by atoms with Gasteiger partial charge in [-0.1, -0.05) is 55.5 Å². The second-order valence-electron chi connectivity index (χ2n) is 9.69. The Balaban J connectivity index is 2.08. The summed E-state index contributed by atoms with van der Waals surface area (Å²) < 4.78 is 71.8. The summed E-state index contributed by atoms with van der Waals surface area (Å²) in [5.41, 5.74) is -0.0169. The van der Waals surface area contributed by atoms with Crippen molar-refractivity contribution in [3.8, 4) is 5.75 Å². The zero-order chi connectivity index (χ0) is 30.9. The highest BCUT2D eigenvalue weighted by Gasteiger charge is 2.35. The molecule has 0 radical (unpaired) electrons. The number of sulfonamides is 1. The molecule has 0 saturated carbocycles. The molecule has 0 spiro atoms. The van der Waals surface area contributed by atoms with Crippen molar-refractivity contribution in [2.45, 2.75) is 38.5 Å². The molecule has 0 unspecified atom stereocenters. The van der Waals surface area contributed by atoms with E-state index in [0.717, 1.165) is 24.0 Å². The number of ether oxygens (including phenoxy) is 1. The third-order valence-corrected chi connectivity index (χ3v) is 7.59. The number of benzene rings is 3. The van der Waals surface area contributed by atoms with E-state index in [9.17, 15) is 31.2 Å². The van der Waals surface area contributed by atoms with Crippen molar-refractivity contribution in [1.82, 2.24) is 10.2 Å². The monoisotopic (exact) mass is 605 g/mol. The van der Waals surface area contributed by atoms with Gasteiger partial charge in [0.15, 0.2) is 0 Å². The molecule has 42 heavy (non-hydrogen) atoms. The van der Waals surface area contributed by atoms with Crippen LogP contribution in [0, 0.1) is 0 Å². The SMILES string of the molecule is CCCNC(=O)[C@@H](Cc1ccccc1)N(Cc1cccc(OC)c1)C(=O)CN(c1cccc(C(F)(F)F)c1)S(C)(=O)=O. The number of rotatable bonds is 13. The fourth-order valence-electron chi connectivity index (χ4n) is 4.34. The molecule has 3 aromatic rings. The third-order valence-electron chi connectivity index (χ3n) is 6.45. The van der Waals surface area contributed by atoms with Crippen molar-refractivity contribution in [2.24, 2.45) is 0 Å². The number of alkyl halides is 3. The van der Waals surface area contributed by atoms with Crippen molar-refractivity contribution in [3.63, 3.8) is 0 Å². The average Bonchev–Trinajstić information content (AvgIpc) is 2.96. The standard InChI is InChI=1S/C30H34F3N3O5S/c1-4-16-34-29(38)27(18-22-10-6-5-7-11-22)35(20-23-12-8-15-26(17-23)41-2)28(37)21-36(42(3,39)40)25-14-9-13-24(19-25)30(31,32)33/h5-15,17,19,27H,4,16,18,20-21H2,1-3H3,(H,34,38)/t27-/m1/s1. The van der Waals surface area contributed by atoms with Gasteiger partial charge in [-0.15, -0.1) is 0 Å². The summed E-state index contributed by atoms with van der Waals surface area (Å²) in [5, 5.41) is 2.82. The number of carbonyl (C=O) groups is 2. The largest absolute Gasteiger partial charge is 0.497 e. The van der Waals surface area contributed by atoms with Crippen molar-refractivity contribution in [3.05, 3.63) is 95.6 Å². The summed E-state index contributed by atoms with van der Waals surface area (Å²) in [7, 11) is -2.73. The molecular weight excluding hydrogens is 571 g/mol. The second kappa shape index (κ2) is 14.2. The summed E-state index contributed by atoms with van der Waals surface area (Å²) in [4.78, 5) is 28.8. The Kier molecular flexibility index (Phi) is 11.0. The van der Waals surface area contributed by atoms with Crippen LogP contribution in [-0.4, -0.2) is 57.6 Å². The van der Waals surface area contributed by atoms with E-state index in [0.29, 0.717) is 34.7 Å². The topological polar surface area (TPSA) is 96.0 Å². The van der Waals surface area contributed by atoms with E-state index in [2.05, 4.69) is 5.32 Å². The molecule has 0 aliphatic rings. The molecule has 226 valence electrons. The first-order valence-corrected chi connectivity index (χ1v) is 15.1. The summed E-state index contributed by atoms with van der Waals surface area (Å²) in [6, 6.07) is 18.6. The van der Waals surface area contributed by atoms with Crippen LogP contribution in [0.3, 0.4) is 0 Å². The molecular formula is C30H34F3N3O5S. The average molecular weight is 606 g/mol. The van der Waals surface area contributed by atoms with Crippen LogP contribution in [0.1, 0.15) is 30.0 Å². The summed E-state index contributed by atoms with van der Waals surface area (Å²) in [6.45, 7) is 1.32. The highest BCUT2D eigenvalue weighted by molar-refractivity contribution is 7.92. The summed E-state index contributed by atoms with van der Waals surface area (Å²) in [6.07, 6.45) is -3.15. The summed E-state index contributed by atoms with van der Waals surface area (Å²) >= 11 is 0. The van der Waals surface area contributed by atoms with E-state index >= 15 is 0 Å². The van der Waals surface area contributed by atoms with Crippen LogP contribution in [0.5, 0.6) is 5.75 Å². The summed E-state index contributed by atoms with van der Waals surface area (Å²) in [5.74, 6) is -0.702. The predicted molar refractivity (Wildman–Crippen MR) is 154 cm³/mol. The van der Waals surface area contributed by atoms with E-state index in [1.54, 1.807) is 48.5 Å². The molecule has 0 aromatic heterocycles. The highest BCUT2D eigenvalue weighted by atomic mass is 32.2. The maximum atomic E-state index is 14.0. The Morgan fingerprint density at radius 1 is 0.952 bits per heavy atom. The number of nitrogens with zero attached hydrogens (tertiary/aromatic N) is 2. The quantitative estimate of drug-likeness (QED) is 0.306. The Morgan fingerprint density at radius 2 is 1.62 bits per heavy atom. The molecule has 3 rings (SSSR count). The maximum absolute atomic E-state index is 14.0. The first-order chi connectivity index (χ1) is 19.8. The molecule has 0 bridgehead atoms. The highest BCUT2D eigenvalue weighted by Crippen LogP contribution is 2.32. The lowest BCUT2D eigenvalue weighted by Crippen LogP contribution is -2.53. The van der Waals surface area contributed by atoms with Crippen molar-refractivity contribution < 1.29 is 35.9 Å². The van der Waals surface area contributed by atoms with E-state index in [4.69, 9.17) is 4.74 Å². The van der Waals surface area contributed by atoms with Crippen LogP contribution in [0.15, 0.2) is 78.9 Å². The van der Waals surface area contributed by atoms with Crippen LogP contribution >= 0.6 is 0 Å². The lowest BCUT2D eigenvalue weighted by atomic mass is 10.0. The normalized spacial score (nSPS) is 12.3. The van der Waals surface area contributed by atoms with Gasteiger partial charge in [-0.05, 0) is 47.9 Å². The molecule has 0 saturated heterocycles. The van der Waals surface area contributed by atoms with E-state index < -0.39 is 46.2 Å². The van der Waals surface area contributed by atoms with E-state index in [1.807, 2.05) is 13.0 Å². The molecule has 0 aliphatic carbocycles. The van der Waals surface area contributed by atoms with Gasteiger partial charge in [0, 0.05) is 19.5 Å². The minimum absolute atomic E-state index is 0.0900.